The van der Waals surface area contributed by atoms with Gasteiger partial charge in [-0.2, -0.15) is 0 Å². The molecule has 2 heterocycles. The van der Waals surface area contributed by atoms with Crippen molar-refractivity contribution in [2.24, 2.45) is 0 Å². The molecule has 0 bridgehead atoms. The first-order valence-electron chi connectivity index (χ1n) is 7.21. The molecule has 2 aromatic rings. The van der Waals surface area contributed by atoms with Crippen molar-refractivity contribution in [2.45, 2.75) is 25.4 Å². The molecule has 0 aliphatic carbocycles. The maximum atomic E-state index is 10.0. The molecule has 1 aromatic carbocycles. The van der Waals surface area contributed by atoms with Crippen LogP contribution in [0.5, 0.6) is 0 Å². The number of nitrogen functional groups attached to an aromatic ring is 1. The fraction of sp³-hybridized carbons (Fsp3) is 0.375. The number of aromatic nitrogens is 2. The molecule has 5 heteroatoms. The third kappa shape index (κ3) is 3.13. The highest BCUT2D eigenvalue weighted by molar-refractivity contribution is 5.60. The Bertz CT molecular complexity index is 617. The van der Waals surface area contributed by atoms with Gasteiger partial charge in [-0.3, -0.25) is 0 Å². The summed E-state index contributed by atoms with van der Waals surface area (Å²) in [5.41, 5.74) is 6.31. The lowest BCUT2D eigenvalue weighted by Gasteiger charge is -2.36. The Morgan fingerprint density at radius 3 is 2.48 bits per heavy atom. The summed E-state index contributed by atoms with van der Waals surface area (Å²) in [6, 6.07) is 11.6. The standard InChI is InChI=1S/C16H20N4O/c1-16(21)7-9-20(10-8-16)14-11-13(17)18-15(19-14)12-5-3-2-4-6-12/h2-6,11,21H,7-10H2,1H3,(H2,17,18,19). The number of piperidine rings is 1. The van der Waals surface area contributed by atoms with E-state index in [0.717, 1.165) is 37.3 Å². The highest BCUT2D eigenvalue weighted by atomic mass is 16.3. The quantitative estimate of drug-likeness (QED) is 0.883. The molecule has 1 aromatic heterocycles. The van der Waals surface area contributed by atoms with Crippen LogP contribution in [0.3, 0.4) is 0 Å². The fourth-order valence-corrected chi connectivity index (χ4v) is 2.55. The van der Waals surface area contributed by atoms with Crippen molar-refractivity contribution in [3.8, 4) is 11.4 Å². The molecule has 1 aliphatic heterocycles. The molecule has 21 heavy (non-hydrogen) atoms. The minimum absolute atomic E-state index is 0.469. The largest absolute Gasteiger partial charge is 0.390 e. The number of hydrogen-bond donors (Lipinski definition) is 2. The number of anilines is 2. The Labute approximate surface area is 124 Å². The van der Waals surface area contributed by atoms with Gasteiger partial charge in [0.2, 0.25) is 0 Å². The van der Waals surface area contributed by atoms with Gasteiger partial charge >= 0.3 is 0 Å². The maximum absolute atomic E-state index is 10.0. The maximum Gasteiger partial charge on any atom is 0.163 e. The summed E-state index contributed by atoms with van der Waals surface area (Å²) >= 11 is 0. The first-order valence-corrected chi connectivity index (χ1v) is 7.21. The topological polar surface area (TPSA) is 75.3 Å². The van der Waals surface area contributed by atoms with Gasteiger partial charge in [0.25, 0.3) is 0 Å². The van der Waals surface area contributed by atoms with Gasteiger partial charge < -0.3 is 15.7 Å². The van der Waals surface area contributed by atoms with E-state index in [1.807, 2.05) is 37.3 Å². The molecule has 0 amide bonds. The van der Waals surface area contributed by atoms with E-state index in [1.54, 1.807) is 6.07 Å². The van der Waals surface area contributed by atoms with Crippen molar-refractivity contribution >= 4 is 11.6 Å². The van der Waals surface area contributed by atoms with Gasteiger partial charge in [-0.25, -0.2) is 9.97 Å². The molecule has 1 saturated heterocycles. The average molecular weight is 284 g/mol. The predicted octanol–water partition coefficient (Wildman–Crippen LogP) is 2.08. The molecule has 1 fully saturated rings. The molecular weight excluding hydrogens is 264 g/mol. The zero-order valence-corrected chi connectivity index (χ0v) is 12.2. The molecular formula is C16H20N4O. The van der Waals surface area contributed by atoms with Gasteiger partial charge in [0.1, 0.15) is 11.6 Å². The summed E-state index contributed by atoms with van der Waals surface area (Å²) in [6.07, 6.45) is 1.47. The first-order chi connectivity index (χ1) is 10.0. The minimum atomic E-state index is -0.572. The molecule has 110 valence electrons. The number of nitrogens with two attached hydrogens (primary N) is 1. The van der Waals surface area contributed by atoms with Crippen LogP contribution in [0.4, 0.5) is 11.6 Å². The van der Waals surface area contributed by atoms with E-state index in [9.17, 15) is 5.11 Å². The lowest BCUT2D eigenvalue weighted by Crippen LogP contribution is -2.42. The highest BCUT2D eigenvalue weighted by Gasteiger charge is 2.28. The van der Waals surface area contributed by atoms with E-state index in [4.69, 9.17) is 5.73 Å². The van der Waals surface area contributed by atoms with Gasteiger partial charge in [-0.15, -0.1) is 0 Å². The van der Waals surface area contributed by atoms with Gasteiger partial charge in [0.15, 0.2) is 5.82 Å². The third-order valence-corrected chi connectivity index (χ3v) is 3.93. The Morgan fingerprint density at radius 1 is 1.14 bits per heavy atom. The number of nitrogens with zero attached hydrogens (tertiary/aromatic N) is 3. The summed E-state index contributed by atoms with van der Waals surface area (Å²) < 4.78 is 0. The molecule has 0 spiro atoms. The molecule has 0 unspecified atom stereocenters. The summed E-state index contributed by atoms with van der Waals surface area (Å²) in [5, 5.41) is 10.0. The van der Waals surface area contributed by atoms with Gasteiger partial charge in [0, 0.05) is 24.7 Å². The monoisotopic (exact) mass is 284 g/mol. The van der Waals surface area contributed by atoms with E-state index in [0.29, 0.717) is 11.6 Å². The van der Waals surface area contributed by atoms with Crippen LogP contribution in [0.15, 0.2) is 36.4 Å². The van der Waals surface area contributed by atoms with Crippen molar-refractivity contribution in [1.29, 1.82) is 0 Å². The Balaban J connectivity index is 1.89. The summed E-state index contributed by atoms with van der Waals surface area (Å²) in [4.78, 5) is 11.1. The van der Waals surface area contributed by atoms with Crippen molar-refractivity contribution in [3.63, 3.8) is 0 Å². The molecule has 0 atom stereocenters. The summed E-state index contributed by atoms with van der Waals surface area (Å²) in [7, 11) is 0. The molecule has 0 radical (unpaired) electrons. The van der Waals surface area contributed by atoms with Gasteiger partial charge in [-0.1, -0.05) is 30.3 Å². The zero-order chi connectivity index (χ0) is 14.9. The third-order valence-electron chi connectivity index (χ3n) is 3.93. The van der Waals surface area contributed by atoms with E-state index in [-0.39, 0.29) is 0 Å². The first kappa shape index (κ1) is 13.8. The number of hydrogen-bond acceptors (Lipinski definition) is 5. The second-order valence-corrected chi connectivity index (χ2v) is 5.82. The van der Waals surface area contributed by atoms with E-state index in [2.05, 4.69) is 14.9 Å². The van der Waals surface area contributed by atoms with E-state index < -0.39 is 5.60 Å². The van der Waals surface area contributed by atoms with Crippen molar-refractivity contribution in [1.82, 2.24) is 9.97 Å². The van der Waals surface area contributed by atoms with Crippen LogP contribution >= 0.6 is 0 Å². The Kier molecular flexibility index (Phi) is 3.51. The average Bonchev–Trinajstić information content (AvgIpc) is 2.47. The van der Waals surface area contributed by atoms with Crippen LogP contribution in [0.25, 0.3) is 11.4 Å². The van der Waals surface area contributed by atoms with Crippen molar-refractivity contribution < 1.29 is 5.11 Å². The summed E-state index contributed by atoms with van der Waals surface area (Å²) in [5.74, 6) is 1.94. The second-order valence-electron chi connectivity index (χ2n) is 5.82. The lowest BCUT2D eigenvalue weighted by atomic mass is 9.94. The Morgan fingerprint density at radius 2 is 1.81 bits per heavy atom. The molecule has 3 rings (SSSR count). The number of aliphatic hydroxyl groups is 1. The van der Waals surface area contributed by atoms with Crippen LogP contribution in [-0.2, 0) is 0 Å². The summed E-state index contributed by atoms with van der Waals surface area (Å²) in [6.45, 7) is 3.43. The normalized spacial score (nSPS) is 17.7. The van der Waals surface area contributed by atoms with E-state index >= 15 is 0 Å². The second kappa shape index (κ2) is 5.33. The van der Waals surface area contributed by atoms with Crippen molar-refractivity contribution in [2.75, 3.05) is 23.7 Å². The van der Waals surface area contributed by atoms with Crippen LogP contribution in [0, 0.1) is 0 Å². The number of benzene rings is 1. The van der Waals surface area contributed by atoms with Gasteiger partial charge in [-0.05, 0) is 19.8 Å². The minimum Gasteiger partial charge on any atom is -0.390 e. The van der Waals surface area contributed by atoms with Gasteiger partial charge in [0.05, 0.1) is 5.60 Å². The van der Waals surface area contributed by atoms with E-state index in [1.165, 1.54) is 0 Å². The molecule has 1 aliphatic rings. The SMILES string of the molecule is CC1(O)CCN(c2cc(N)nc(-c3ccccc3)n2)CC1. The van der Waals surface area contributed by atoms with Crippen LogP contribution in [0.1, 0.15) is 19.8 Å². The Hall–Kier alpha value is -2.14. The molecule has 0 saturated carbocycles. The van der Waals surface area contributed by atoms with Crippen LogP contribution < -0.4 is 10.6 Å². The molecule has 3 N–H and O–H groups in total. The van der Waals surface area contributed by atoms with Crippen molar-refractivity contribution in [3.05, 3.63) is 36.4 Å². The predicted molar refractivity (Wildman–Crippen MR) is 84.0 cm³/mol. The smallest absolute Gasteiger partial charge is 0.163 e. The lowest BCUT2D eigenvalue weighted by molar-refractivity contribution is 0.0350. The van der Waals surface area contributed by atoms with Crippen LogP contribution in [-0.4, -0.2) is 33.8 Å². The van der Waals surface area contributed by atoms with Crippen LogP contribution in [0.2, 0.25) is 0 Å². The zero-order valence-electron chi connectivity index (χ0n) is 12.2. The number of rotatable bonds is 2. The fourth-order valence-electron chi connectivity index (χ4n) is 2.55. The highest BCUT2D eigenvalue weighted by Crippen LogP contribution is 2.27. The molecule has 5 nitrogen and oxygen atoms in total.